The highest BCUT2D eigenvalue weighted by molar-refractivity contribution is 5.55. The lowest BCUT2D eigenvalue weighted by Crippen LogP contribution is -2.07. The van der Waals surface area contributed by atoms with Gasteiger partial charge in [0.1, 0.15) is 0 Å². The molecule has 2 rings (SSSR count). The predicted octanol–water partition coefficient (Wildman–Crippen LogP) is 0.212. The molecule has 0 unspecified atom stereocenters. The van der Waals surface area contributed by atoms with Gasteiger partial charge in [0.05, 0.1) is 5.56 Å². The molecule has 6 heteroatoms. The highest BCUT2D eigenvalue weighted by Crippen LogP contribution is 2.13. The lowest BCUT2D eigenvalue weighted by atomic mass is 10.2. The average molecular weight is 205 g/mol. The highest BCUT2D eigenvalue weighted by Gasteiger charge is 2.11. The third-order valence-corrected chi connectivity index (χ3v) is 2.16. The van der Waals surface area contributed by atoms with Crippen LogP contribution in [-0.4, -0.2) is 26.8 Å². The summed E-state index contributed by atoms with van der Waals surface area (Å²) in [5.74, 6) is 1.16. The SMILES string of the molecule is CNc1nnc(-c2c[nH]ccc2=O)n1C. The van der Waals surface area contributed by atoms with Crippen LogP contribution in [-0.2, 0) is 7.05 Å². The van der Waals surface area contributed by atoms with Gasteiger partial charge in [-0.3, -0.25) is 9.36 Å². The van der Waals surface area contributed by atoms with Gasteiger partial charge in [0.25, 0.3) is 0 Å². The van der Waals surface area contributed by atoms with E-state index in [2.05, 4.69) is 20.5 Å². The van der Waals surface area contributed by atoms with Crippen LogP contribution in [0.25, 0.3) is 11.4 Å². The lowest BCUT2D eigenvalue weighted by molar-refractivity contribution is 0.922. The summed E-state index contributed by atoms with van der Waals surface area (Å²) in [4.78, 5) is 14.4. The summed E-state index contributed by atoms with van der Waals surface area (Å²) in [7, 11) is 3.55. The monoisotopic (exact) mass is 205 g/mol. The summed E-state index contributed by atoms with van der Waals surface area (Å²) in [6, 6.07) is 1.46. The zero-order valence-electron chi connectivity index (χ0n) is 8.48. The molecule has 78 valence electrons. The molecule has 0 spiro atoms. The fourth-order valence-corrected chi connectivity index (χ4v) is 1.37. The van der Waals surface area contributed by atoms with Crippen molar-refractivity contribution >= 4 is 5.95 Å². The molecular formula is C9H11N5O. The molecular weight excluding hydrogens is 194 g/mol. The summed E-state index contributed by atoms with van der Waals surface area (Å²) in [5.41, 5.74) is 0.431. The molecule has 2 aromatic rings. The summed E-state index contributed by atoms with van der Waals surface area (Å²) in [6.45, 7) is 0. The molecule has 2 N–H and O–H groups in total. The number of anilines is 1. The van der Waals surface area contributed by atoms with Crippen LogP contribution in [0.2, 0.25) is 0 Å². The molecule has 0 radical (unpaired) electrons. The molecule has 0 saturated heterocycles. The average Bonchev–Trinajstić information content (AvgIpc) is 2.60. The number of aromatic amines is 1. The van der Waals surface area contributed by atoms with Crippen molar-refractivity contribution in [3.8, 4) is 11.4 Å². The van der Waals surface area contributed by atoms with Gasteiger partial charge in [-0.1, -0.05) is 0 Å². The molecule has 15 heavy (non-hydrogen) atoms. The second-order valence-electron chi connectivity index (χ2n) is 3.08. The van der Waals surface area contributed by atoms with Gasteiger partial charge in [-0.15, -0.1) is 10.2 Å². The Morgan fingerprint density at radius 2 is 2.27 bits per heavy atom. The van der Waals surface area contributed by atoms with Crippen molar-refractivity contribution in [3.05, 3.63) is 28.7 Å². The van der Waals surface area contributed by atoms with Crippen molar-refractivity contribution in [1.82, 2.24) is 19.7 Å². The van der Waals surface area contributed by atoms with Gasteiger partial charge in [-0.2, -0.15) is 0 Å². The van der Waals surface area contributed by atoms with Gasteiger partial charge >= 0.3 is 0 Å². The Morgan fingerprint density at radius 3 is 2.87 bits per heavy atom. The Bertz CT molecular complexity index is 527. The highest BCUT2D eigenvalue weighted by atomic mass is 16.1. The Labute approximate surface area is 86.0 Å². The van der Waals surface area contributed by atoms with Gasteiger partial charge in [-0.25, -0.2) is 0 Å². The van der Waals surface area contributed by atoms with E-state index >= 15 is 0 Å². The van der Waals surface area contributed by atoms with E-state index in [9.17, 15) is 4.79 Å². The minimum Gasteiger partial charge on any atom is -0.367 e. The molecule has 0 aromatic carbocycles. The van der Waals surface area contributed by atoms with E-state index in [0.29, 0.717) is 17.3 Å². The normalized spacial score (nSPS) is 10.3. The summed E-state index contributed by atoms with van der Waals surface area (Å²) < 4.78 is 1.73. The summed E-state index contributed by atoms with van der Waals surface area (Å²) in [6.07, 6.45) is 3.20. The van der Waals surface area contributed by atoms with Crippen LogP contribution in [0.5, 0.6) is 0 Å². The van der Waals surface area contributed by atoms with E-state index in [-0.39, 0.29) is 5.43 Å². The number of aromatic nitrogens is 4. The molecule has 0 aliphatic heterocycles. The fraction of sp³-hybridized carbons (Fsp3) is 0.222. The van der Waals surface area contributed by atoms with Gasteiger partial charge < -0.3 is 10.3 Å². The van der Waals surface area contributed by atoms with Crippen LogP contribution >= 0.6 is 0 Å². The summed E-state index contributed by atoms with van der Waals surface area (Å²) >= 11 is 0. The number of nitrogens with one attached hydrogen (secondary N) is 2. The molecule has 6 nitrogen and oxygen atoms in total. The van der Waals surface area contributed by atoms with Crippen LogP contribution in [0.4, 0.5) is 5.95 Å². The summed E-state index contributed by atoms with van der Waals surface area (Å²) in [5, 5.41) is 10.7. The van der Waals surface area contributed by atoms with E-state index in [1.807, 2.05) is 0 Å². The van der Waals surface area contributed by atoms with E-state index in [1.54, 1.807) is 31.1 Å². The van der Waals surface area contributed by atoms with Gasteiger partial charge in [0, 0.05) is 32.6 Å². The zero-order chi connectivity index (χ0) is 10.8. The maximum Gasteiger partial charge on any atom is 0.224 e. The second kappa shape index (κ2) is 3.56. The minimum atomic E-state index is -0.0769. The molecule has 2 aromatic heterocycles. The van der Waals surface area contributed by atoms with Crippen molar-refractivity contribution in [3.63, 3.8) is 0 Å². The van der Waals surface area contributed by atoms with Crippen molar-refractivity contribution < 1.29 is 0 Å². The number of pyridine rings is 1. The van der Waals surface area contributed by atoms with Crippen LogP contribution in [0, 0.1) is 0 Å². The van der Waals surface area contributed by atoms with E-state index in [0.717, 1.165) is 0 Å². The predicted molar refractivity (Wildman–Crippen MR) is 56.6 cm³/mol. The Morgan fingerprint density at radius 1 is 1.47 bits per heavy atom. The first-order chi connectivity index (χ1) is 7.24. The zero-order valence-corrected chi connectivity index (χ0v) is 8.48. The third kappa shape index (κ3) is 1.50. The van der Waals surface area contributed by atoms with Crippen LogP contribution < -0.4 is 10.7 Å². The van der Waals surface area contributed by atoms with Gasteiger partial charge in [0.2, 0.25) is 5.95 Å². The molecule has 0 fully saturated rings. The van der Waals surface area contributed by atoms with Crippen LogP contribution in [0.1, 0.15) is 0 Å². The van der Waals surface area contributed by atoms with Crippen molar-refractivity contribution in [2.45, 2.75) is 0 Å². The molecule has 0 saturated carbocycles. The minimum absolute atomic E-state index is 0.0769. The van der Waals surface area contributed by atoms with Gasteiger partial charge in [-0.05, 0) is 0 Å². The number of rotatable bonds is 2. The number of hydrogen-bond acceptors (Lipinski definition) is 4. The maximum absolute atomic E-state index is 11.5. The Balaban J connectivity index is 2.60. The second-order valence-corrected chi connectivity index (χ2v) is 3.08. The van der Waals surface area contributed by atoms with E-state index in [1.165, 1.54) is 6.07 Å². The topological polar surface area (TPSA) is 75.6 Å². The quantitative estimate of drug-likeness (QED) is 0.735. The molecule has 0 aliphatic carbocycles. The third-order valence-electron chi connectivity index (χ3n) is 2.16. The number of hydrogen-bond donors (Lipinski definition) is 2. The van der Waals surface area contributed by atoms with Gasteiger partial charge in [0.15, 0.2) is 11.3 Å². The standard InChI is InChI=1S/C9H11N5O/c1-10-9-13-12-8(14(9)2)6-5-11-4-3-7(6)15/h3-5H,1-2H3,(H,10,13)(H,11,15). The molecule has 0 atom stereocenters. The largest absolute Gasteiger partial charge is 0.367 e. The molecule has 0 amide bonds. The Kier molecular flexibility index (Phi) is 2.24. The van der Waals surface area contributed by atoms with Crippen molar-refractivity contribution in [2.75, 3.05) is 12.4 Å². The van der Waals surface area contributed by atoms with E-state index < -0.39 is 0 Å². The first-order valence-corrected chi connectivity index (χ1v) is 4.48. The van der Waals surface area contributed by atoms with E-state index in [4.69, 9.17) is 0 Å². The molecule has 2 heterocycles. The van der Waals surface area contributed by atoms with Crippen molar-refractivity contribution in [2.24, 2.45) is 7.05 Å². The van der Waals surface area contributed by atoms with Crippen molar-refractivity contribution in [1.29, 1.82) is 0 Å². The number of nitrogens with zero attached hydrogens (tertiary/aromatic N) is 3. The smallest absolute Gasteiger partial charge is 0.224 e. The lowest BCUT2D eigenvalue weighted by Gasteiger charge is -2.01. The van der Waals surface area contributed by atoms with Crippen LogP contribution in [0.3, 0.4) is 0 Å². The first kappa shape index (κ1) is 9.45. The van der Waals surface area contributed by atoms with Crippen LogP contribution in [0.15, 0.2) is 23.3 Å². The molecule has 0 bridgehead atoms. The maximum atomic E-state index is 11.5. The molecule has 0 aliphatic rings. The fourth-order valence-electron chi connectivity index (χ4n) is 1.37. The first-order valence-electron chi connectivity index (χ1n) is 4.48. The number of H-pyrrole nitrogens is 1. The Hall–Kier alpha value is -2.11.